The van der Waals surface area contributed by atoms with Gasteiger partial charge in [0.15, 0.2) is 9.86 Å². The lowest BCUT2D eigenvalue weighted by atomic mass is 12.6. The number of hydrogen-bond acceptors (Lipinski definition) is 3. The third-order valence-electron chi connectivity index (χ3n) is 0.107. The van der Waals surface area contributed by atoms with Crippen LogP contribution in [0.3, 0.4) is 0 Å². The first-order chi connectivity index (χ1) is 2.77. The molecule has 0 N–H and O–H groups in total. The van der Waals surface area contributed by atoms with E-state index < -0.39 is 5.03 Å². The monoisotopic (exact) mass is 109 g/mol. The van der Waals surface area contributed by atoms with Crippen molar-refractivity contribution in [1.82, 2.24) is 0 Å². The Bertz CT molecular complexity index is 76.9. The van der Waals surface area contributed by atoms with Crippen molar-refractivity contribution >= 4 is 11.8 Å². The molecular weight excluding hydrogens is 109 g/mol. The van der Waals surface area contributed by atoms with Crippen molar-refractivity contribution in [1.29, 1.82) is 0 Å². The molecule has 0 aromatic heterocycles. The van der Waals surface area contributed by atoms with Crippen LogP contribution in [-0.2, 0) is 0 Å². The number of rotatable bonds is 1. The first-order valence-corrected chi connectivity index (χ1v) is 1.27. The van der Waals surface area contributed by atoms with Crippen molar-refractivity contribution in [3.8, 4) is 0 Å². The summed E-state index contributed by atoms with van der Waals surface area (Å²) in [5, 5.41) is 10.3. The van der Waals surface area contributed by atoms with E-state index in [2.05, 4.69) is 21.6 Å². The fourth-order valence-corrected chi connectivity index (χ4v) is 0.0828. The summed E-state index contributed by atoms with van der Waals surface area (Å²) in [6.45, 7) is 0. The normalized spacial score (nSPS) is 9.50. The van der Waals surface area contributed by atoms with Gasteiger partial charge in [0.25, 0.3) is 0 Å². The summed E-state index contributed by atoms with van der Waals surface area (Å²) < 4.78 is 2.33. The number of nitrogens with zero attached hydrogens (tertiary/aromatic N) is 3. The Morgan fingerprint density at radius 2 is 2.33 bits per heavy atom. The Hall–Kier alpha value is -0.710. The second-order valence-corrected chi connectivity index (χ2v) is 0.554. The fourth-order valence-electron chi connectivity index (χ4n) is 0.0276. The van der Waals surface area contributed by atoms with Gasteiger partial charge >= 0.3 is 0 Å². The van der Waals surface area contributed by atoms with Gasteiger partial charge in [-0.3, -0.25) is 0 Å². The molecule has 0 atom stereocenters. The highest BCUT2D eigenvalue weighted by Crippen LogP contribution is 1.77. The molecule has 0 aromatic rings. The Morgan fingerprint density at radius 1 is 1.83 bits per heavy atom. The smallest absolute Gasteiger partial charge is 0.223 e. The van der Waals surface area contributed by atoms with Crippen molar-refractivity contribution in [3.63, 3.8) is 0 Å². The summed E-state index contributed by atoms with van der Waals surface area (Å²) in [5.74, 6) is 0. The van der Waals surface area contributed by atoms with E-state index in [4.69, 9.17) is 10.1 Å². The van der Waals surface area contributed by atoms with E-state index in [0.717, 1.165) is 0 Å². The highest BCUT2D eigenvalue weighted by molar-refractivity contribution is 6.13. The summed E-state index contributed by atoms with van der Waals surface area (Å²) in [5.41, 5.74) is 0. The molecule has 0 bridgehead atoms. The van der Waals surface area contributed by atoms with Gasteiger partial charge in [-0.05, 0) is 0 Å². The van der Waals surface area contributed by atoms with Gasteiger partial charge in [-0.2, -0.15) is 0 Å². The lowest BCUT2D eigenvalue weighted by Gasteiger charge is -1.69. The molecule has 0 saturated heterocycles. The molecule has 0 heterocycles. The van der Waals surface area contributed by atoms with Crippen LogP contribution in [0, 0.1) is 10.1 Å². The maximum Gasteiger partial charge on any atom is 0.223 e. The lowest BCUT2D eigenvalue weighted by molar-refractivity contribution is -0.493. The first kappa shape index (κ1) is 5.29. The van der Waals surface area contributed by atoms with Gasteiger partial charge in [0.1, 0.15) is 0 Å². The summed E-state index contributed by atoms with van der Waals surface area (Å²) in [6, 6.07) is 0. The SMILES string of the molecule is O=[N+]([O-])N=NCl. The van der Waals surface area contributed by atoms with E-state index in [1.807, 2.05) is 0 Å². The Labute approximate surface area is 37.9 Å². The summed E-state index contributed by atoms with van der Waals surface area (Å²) >= 11 is 4.41. The Balaban J connectivity index is 3.30. The third-order valence-corrected chi connectivity index (χ3v) is 0.174. The number of hydrogen-bond donors (Lipinski definition) is 0. The summed E-state index contributed by atoms with van der Waals surface area (Å²) in [6.07, 6.45) is 0. The van der Waals surface area contributed by atoms with Crippen LogP contribution >= 0.6 is 11.8 Å². The molecule has 0 aliphatic heterocycles. The summed E-state index contributed by atoms with van der Waals surface area (Å²) in [4.78, 5) is 9.06. The van der Waals surface area contributed by atoms with Gasteiger partial charge in [0.05, 0.1) is 5.03 Å². The standard InChI is InChI=1S/ClN3O2/c1-2-3-4(5)6. The predicted octanol–water partition coefficient (Wildman–Crippen LogP) is 0.784. The van der Waals surface area contributed by atoms with Crippen molar-refractivity contribution in [2.75, 3.05) is 0 Å². The van der Waals surface area contributed by atoms with Crippen LogP contribution in [-0.4, -0.2) is 5.03 Å². The molecule has 34 valence electrons. The molecule has 6 heavy (non-hydrogen) atoms. The van der Waals surface area contributed by atoms with Crippen molar-refractivity contribution < 1.29 is 5.03 Å². The van der Waals surface area contributed by atoms with Crippen LogP contribution in [0.1, 0.15) is 0 Å². The zero-order valence-corrected chi connectivity index (χ0v) is 3.29. The predicted molar refractivity (Wildman–Crippen MR) is 17.7 cm³/mol. The van der Waals surface area contributed by atoms with Gasteiger partial charge in [0.2, 0.25) is 11.8 Å². The highest BCUT2D eigenvalue weighted by Gasteiger charge is 1.77. The van der Waals surface area contributed by atoms with E-state index in [9.17, 15) is 0 Å². The van der Waals surface area contributed by atoms with Gasteiger partial charge in [-0.15, -0.1) is 0 Å². The molecule has 0 aliphatic carbocycles. The molecule has 0 rings (SSSR count). The van der Waals surface area contributed by atoms with Gasteiger partial charge in [-0.25, -0.2) is 0 Å². The van der Waals surface area contributed by atoms with Crippen LogP contribution in [0.15, 0.2) is 9.86 Å². The van der Waals surface area contributed by atoms with E-state index in [-0.39, 0.29) is 0 Å². The molecule has 0 radical (unpaired) electrons. The maximum atomic E-state index is 9.06. The minimum absolute atomic E-state index is 0.993. The van der Waals surface area contributed by atoms with Crippen LogP contribution < -0.4 is 0 Å². The van der Waals surface area contributed by atoms with Gasteiger partial charge in [0, 0.05) is 0 Å². The Morgan fingerprint density at radius 3 is 2.33 bits per heavy atom. The quantitative estimate of drug-likeness (QED) is 0.284. The first-order valence-electron chi connectivity index (χ1n) is 0.934. The molecule has 0 aliphatic rings. The van der Waals surface area contributed by atoms with Gasteiger partial charge < -0.3 is 10.1 Å². The molecule has 5 nitrogen and oxygen atoms in total. The molecule has 0 aromatic carbocycles. The molecular formula is ClN3O2. The Kier molecular flexibility index (Phi) is 2.22. The van der Waals surface area contributed by atoms with Crippen LogP contribution in [0.25, 0.3) is 0 Å². The van der Waals surface area contributed by atoms with Crippen molar-refractivity contribution in [3.05, 3.63) is 10.1 Å². The fraction of sp³-hybridized carbons (Fsp3) is 0. The van der Waals surface area contributed by atoms with Gasteiger partial charge in [-0.1, -0.05) is 0 Å². The zero-order valence-electron chi connectivity index (χ0n) is 2.54. The van der Waals surface area contributed by atoms with Crippen LogP contribution in [0.2, 0.25) is 0 Å². The maximum absolute atomic E-state index is 9.06. The molecule has 0 saturated carbocycles. The molecule has 6 heteroatoms. The molecule has 0 fully saturated rings. The van der Waals surface area contributed by atoms with Crippen molar-refractivity contribution in [2.24, 2.45) is 9.86 Å². The number of halogens is 1. The highest BCUT2D eigenvalue weighted by atomic mass is 35.5. The zero-order chi connectivity index (χ0) is 4.99. The largest absolute Gasteiger partial charge is 0.337 e. The topological polar surface area (TPSA) is 67.9 Å². The minimum atomic E-state index is -0.993. The average molecular weight is 109 g/mol. The lowest BCUT2D eigenvalue weighted by Crippen LogP contribution is -1.78. The van der Waals surface area contributed by atoms with E-state index >= 15 is 0 Å². The van der Waals surface area contributed by atoms with Crippen molar-refractivity contribution in [2.45, 2.75) is 0 Å². The second-order valence-electron chi connectivity index (χ2n) is 0.403. The molecule has 0 amide bonds. The van der Waals surface area contributed by atoms with E-state index in [1.165, 1.54) is 0 Å². The minimum Gasteiger partial charge on any atom is -0.337 e. The second kappa shape index (κ2) is 2.52. The van der Waals surface area contributed by atoms with Crippen LogP contribution in [0.5, 0.6) is 0 Å². The third kappa shape index (κ3) is 3.29. The van der Waals surface area contributed by atoms with E-state index in [1.54, 1.807) is 0 Å². The molecule has 0 unspecified atom stereocenters. The summed E-state index contributed by atoms with van der Waals surface area (Å²) in [7, 11) is 0. The van der Waals surface area contributed by atoms with E-state index in [0.29, 0.717) is 0 Å². The average Bonchev–Trinajstić information content (AvgIpc) is 1.35. The van der Waals surface area contributed by atoms with Crippen LogP contribution in [0.4, 0.5) is 0 Å². The molecule has 0 spiro atoms. The number of nitro groups is 1.